The first kappa shape index (κ1) is 15.8. The van der Waals surface area contributed by atoms with Crippen LogP contribution in [0.25, 0.3) is 11.0 Å². The number of hydrogen-bond acceptors (Lipinski definition) is 4. The lowest BCUT2D eigenvalue weighted by atomic mass is 9.98. The Morgan fingerprint density at radius 1 is 1.19 bits per heavy atom. The molecule has 130 valence electrons. The molecule has 4 aromatic rings. The average Bonchev–Trinajstić information content (AvgIpc) is 3.25. The summed E-state index contributed by atoms with van der Waals surface area (Å²) in [5, 5.41) is 15.2. The molecule has 1 amide bonds. The van der Waals surface area contributed by atoms with Gasteiger partial charge in [-0.2, -0.15) is 5.10 Å². The second kappa shape index (κ2) is 6.28. The van der Waals surface area contributed by atoms with E-state index in [0.29, 0.717) is 11.0 Å². The first-order valence-corrected chi connectivity index (χ1v) is 7.69. The van der Waals surface area contributed by atoms with Crippen molar-refractivity contribution in [3.8, 4) is 0 Å². The van der Waals surface area contributed by atoms with Gasteiger partial charge in [0.1, 0.15) is 24.5 Å². The van der Waals surface area contributed by atoms with E-state index in [9.17, 15) is 9.18 Å². The van der Waals surface area contributed by atoms with Gasteiger partial charge >= 0.3 is 6.09 Å². The van der Waals surface area contributed by atoms with Crippen LogP contribution in [-0.4, -0.2) is 35.9 Å². The van der Waals surface area contributed by atoms with Gasteiger partial charge in [0.15, 0.2) is 0 Å². The second-order valence-electron chi connectivity index (χ2n) is 5.62. The third-order valence-electron chi connectivity index (χ3n) is 3.94. The zero-order valence-electron chi connectivity index (χ0n) is 13.3. The highest BCUT2D eigenvalue weighted by molar-refractivity contribution is 5.85. The van der Waals surface area contributed by atoms with Crippen molar-refractivity contribution >= 4 is 23.1 Å². The molecule has 4 rings (SSSR count). The molecule has 0 bridgehead atoms. The van der Waals surface area contributed by atoms with Crippen LogP contribution in [0.4, 0.5) is 15.1 Å². The molecule has 9 heteroatoms. The second-order valence-corrected chi connectivity index (χ2v) is 5.62. The molecule has 0 aliphatic rings. The number of halogens is 1. The number of aromatic nitrogens is 5. The molecule has 2 aromatic heterocycles. The standard InChI is InChI=1S/C17H13FN6O2/c18-12-4-1-10(2-5-12)15(24-9-19-8-20-24)11-3-6-13-14(7-11)22-16(21-13)23-17(25)26/h1-9,15H,(H,25,26)(H2,21,22,23). The van der Waals surface area contributed by atoms with Crippen LogP contribution in [-0.2, 0) is 0 Å². The zero-order valence-corrected chi connectivity index (χ0v) is 13.3. The molecule has 2 heterocycles. The van der Waals surface area contributed by atoms with Crippen molar-refractivity contribution in [3.63, 3.8) is 0 Å². The van der Waals surface area contributed by atoms with Crippen LogP contribution < -0.4 is 5.32 Å². The number of nitrogens with zero attached hydrogens (tertiary/aromatic N) is 4. The normalized spacial score (nSPS) is 12.2. The van der Waals surface area contributed by atoms with Gasteiger partial charge < -0.3 is 10.1 Å². The van der Waals surface area contributed by atoms with E-state index >= 15 is 0 Å². The molecule has 0 fully saturated rings. The van der Waals surface area contributed by atoms with Crippen LogP contribution in [0.3, 0.4) is 0 Å². The Balaban J connectivity index is 1.80. The summed E-state index contributed by atoms with van der Waals surface area (Å²) in [5.41, 5.74) is 2.96. The molecule has 0 radical (unpaired) electrons. The number of aromatic amines is 1. The van der Waals surface area contributed by atoms with Crippen LogP contribution in [0.2, 0.25) is 0 Å². The lowest BCUT2D eigenvalue weighted by Crippen LogP contribution is -2.13. The molecule has 1 atom stereocenters. The van der Waals surface area contributed by atoms with Gasteiger partial charge in [0.25, 0.3) is 0 Å². The molecule has 3 N–H and O–H groups in total. The van der Waals surface area contributed by atoms with Crippen molar-refractivity contribution in [3.05, 3.63) is 72.1 Å². The number of rotatable bonds is 4. The number of amides is 1. The average molecular weight is 352 g/mol. The summed E-state index contributed by atoms with van der Waals surface area (Å²) < 4.78 is 15.0. The van der Waals surface area contributed by atoms with Gasteiger partial charge in [-0.05, 0) is 35.4 Å². The van der Waals surface area contributed by atoms with Gasteiger partial charge in [-0.25, -0.2) is 23.8 Å². The molecule has 2 aromatic carbocycles. The third kappa shape index (κ3) is 2.97. The quantitative estimate of drug-likeness (QED) is 0.523. The molecule has 1 unspecified atom stereocenters. The highest BCUT2D eigenvalue weighted by atomic mass is 19.1. The van der Waals surface area contributed by atoms with Gasteiger partial charge in [0, 0.05) is 0 Å². The summed E-state index contributed by atoms with van der Waals surface area (Å²) in [4.78, 5) is 21.9. The molecule has 0 aliphatic carbocycles. The fourth-order valence-corrected chi connectivity index (χ4v) is 2.85. The van der Waals surface area contributed by atoms with E-state index in [2.05, 4.69) is 25.4 Å². The molecular weight excluding hydrogens is 339 g/mol. The zero-order chi connectivity index (χ0) is 18.1. The third-order valence-corrected chi connectivity index (χ3v) is 3.94. The summed E-state index contributed by atoms with van der Waals surface area (Å²) in [6.45, 7) is 0. The van der Waals surface area contributed by atoms with Crippen molar-refractivity contribution in [2.75, 3.05) is 5.32 Å². The Bertz CT molecular complexity index is 1060. The number of nitrogens with one attached hydrogen (secondary N) is 2. The topological polar surface area (TPSA) is 109 Å². The Kier molecular flexibility index (Phi) is 3.81. The van der Waals surface area contributed by atoms with E-state index < -0.39 is 6.09 Å². The van der Waals surface area contributed by atoms with Crippen LogP contribution in [0, 0.1) is 5.82 Å². The van der Waals surface area contributed by atoms with Crippen LogP contribution in [0.1, 0.15) is 17.2 Å². The SMILES string of the molecule is O=C(O)Nc1nc2cc(C(c3ccc(F)cc3)n3cncn3)ccc2[nH]1. The van der Waals surface area contributed by atoms with Crippen molar-refractivity contribution in [2.45, 2.75) is 6.04 Å². The van der Waals surface area contributed by atoms with Crippen molar-refractivity contribution in [2.24, 2.45) is 0 Å². The van der Waals surface area contributed by atoms with Crippen molar-refractivity contribution in [1.29, 1.82) is 0 Å². The fraction of sp³-hybridized carbons (Fsp3) is 0.0588. The van der Waals surface area contributed by atoms with Gasteiger partial charge in [-0.3, -0.25) is 5.32 Å². The number of fused-ring (bicyclic) bond motifs is 1. The molecule has 0 aliphatic heterocycles. The fourth-order valence-electron chi connectivity index (χ4n) is 2.85. The van der Waals surface area contributed by atoms with Crippen LogP contribution in [0.5, 0.6) is 0 Å². The van der Waals surface area contributed by atoms with E-state index in [4.69, 9.17) is 5.11 Å². The Morgan fingerprint density at radius 3 is 2.65 bits per heavy atom. The molecule has 0 saturated heterocycles. The van der Waals surface area contributed by atoms with Gasteiger partial charge in [0.05, 0.1) is 11.0 Å². The summed E-state index contributed by atoms with van der Waals surface area (Å²) >= 11 is 0. The first-order chi connectivity index (χ1) is 12.6. The highest BCUT2D eigenvalue weighted by Crippen LogP contribution is 2.28. The number of imidazole rings is 1. The Hall–Kier alpha value is -3.75. The van der Waals surface area contributed by atoms with Gasteiger partial charge in [0.2, 0.25) is 5.95 Å². The van der Waals surface area contributed by atoms with Crippen LogP contribution >= 0.6 is 0 Å². The van der Waals surface area contributed by atoms with Crippen molar-refractivity contribution in [1.82, 2.24) is 24.7 Å². The maximum atomic E-state index is 13.3. The van der Waals surface area contributed by atoms with Crippen LogP contribution in [0.15, 0.2) is 55.1 Å². The first-order valence-electron chi connectivity index (χ1n) is 7.69. The minimum Gasteiger partial charge on any atom is -0.465 e. The van der Waals surface area contributed by atoms with Gasteiger partial charge in [-0.15, -0.1) is 0 Å². The number of carbonyl (C=O) groups is 1. The maximum absolute atomic E-state index is 13.3. The summed E-state index contributed by atoms with van der Waals surface area (Å²) in [7, 11) is 0. The lowest BCUT2D eigenvalue weighted by Gasteiger charge is -2.18. The number of carboxylic acid groups (broad SMARTS) is 1. The summed E-state index contributed by atoms with van der Waals surface area (Å²) in [6.07, 6.45) is 1.81. The Morgan fingerprint density at radius 2 is 1.96 bits per heavy atom. The highest BCUT2D eigenvalue weighted by Gasteiger charge is 2.18. The largest absolute Gasteiger partial charge is 0.465 e. The minimum absolute atomic E-state index is 0.142. The Labute approximate surface area is 146 Å². The van der Waals surface area contributed by atoms with E-state index in [1.807, 2.05) is 12.1 Å². The summed E-state index contributed by atoms with van der Waals surface area (Å²) in [5.74, 6) is -0.179. The molecule has 0 saturated carbocycles. The number of H-pyrrole nitrogens is 1. The van der Waals surface area contributed by atoms with E-state index in [1.54, 1.807) is 29.2 Å². The maximum Gasteiger partial charge on any atom is 0.411 e. The van der Waals surface area contributed by atoms with E-state index in [-0.39, 0.29) is 17.8 Å². The van der Waals surface area contributed by atoms with E-state index in [1.165, 1.54) is 18.5 Å². The van der Waals surface area contributed by atoms with E-state index in [0.717, 1.165) is 11.1 Å². The number of hydrogen-bond donors (Lipinski definition) is 3. The molecular formula is C17H13FN6O2. The minimum atomic E-state index is -1.20. The van der Waals surface area contributed by atoms with Crippen molar-refractivity contribution < 1.29 is 14.3 Å². The molecule has 26 heavy (non-hydrogen) atoms. The summed E-state index contributed by atoms with van der Waals surface area (Å²) in [6, 6.07) is 11.3. The predicted octanol–water partition coefficient (Wildman–Crippen LogP) is 3.02. The predicted molar refractivity (Wildman–Crippen MR) is 91.4 cm³/mol. The molecule has 0 spiro atoms. The monoisotopic (exact) mass is 352 g/mol. The van der Waals surface area contributed by atoms with Gasteiger partial charge in [-0.1, -0.05) is 18.2 Å². The number of benzene rings is 2. The number of anilines is 1. The molecule has 8 nitrogen and oxygen atoms in total. The smallest absolute Gasteiger partial charge is 0.411 e. The lowest BCUT2D eigenvalue weighted by molar-refractivity contribution is 0.209.